The minimum atomic E-state index is 0.131. The van der Waals surface area contributed by atoms with Gasteiger partial charge in [-0.2, -0.15) is 4.98 Å². The number of hydrazine groups is 1. The van der Waals surface area contributed by atoms with Crippen LogP contribution in [0.5, 0.6) is 0 Å². The van der Waals surface area contributed by atoms with Crippen LogP contribution < -0.4 is 16.2 Å². The van der Waals surface area contributed by atoms with Crippen molar-refractivity contribution in [2.45, 2.75) is 38.1 Å². The third-order valence-electron chi connectivity index (χ3n) is 3.42. The van der Waals surface area contributed by atoms with Crippen molar-refractivity contribution in [3.8, 4) is 0 Å². The maximum atomic E-state index is 9.23. The molecule has 1 fully saturated rings. The Labute approximate surface area is 107 Å². The lowest BCUT2D eigenvalue weighted by molar-refractivity contribution is 0.289. The molecule has 0 amide bonds. The zero-order chi connectivity index (χ0) is 12.8. The second kappa shape index (κ2) is 6.51. The molecule has 1 aromatic heterocycles. The zero-order valence-corrected chi connectivity index (χ0v) is 10.5. The van der Waals surface area contributed by atoms with Gasteiger partial charge in [0, 0.05) is 18.8 Å². The Bertz CT molecular complexity index is 367. The fourth-order valence-corrected chi connectivity index (χ4v) is 2.56. The highest BCUT2D eigenvalue weighted by molar-refractivity contribution is 5.43. The Morgan fingerprint density at radius 2 is 2.17 bits per heavy atom. The Morgan fingerprint density at radius 3 is 2.83 bits per heavy atom. The van der Waals surface area contributed by atoms with E-state index < -0.39 is 0 Å². The van der Waals surface area contributed by atoms with Crippen molar-refractivity contribution in [3.05, 3.63) is 12.3 Å². The van der Waals surface area contributed by atoms with Crippen molar-refractivity contribution < 1.29 is 5.11 Å². The van der Waals surface area contributed by atoms with Gasteiger partial charge in [-0.25, -0.2) is 10.8 Å². The lowest BCUT2D eigenvalue weighted by atomic mass is 9.94. The number of nitrogens with zero attached hydrogens (tertiary/aromatic N) is 3. The van der Waals surface area contributed by atoms with Gasteiger partial charge in [-0.05, 0) is 18.9 Å². The molecule has 4 N–H and O–H groups in total. The van der Waals surface area contributed by atoms with Crippen LogP contribution in [0.3, 0.4) is 0 Å². The smallest absolute Gasteiger partial charge is 0.239 e. The number of aliphatic hydroxyl groups is 1. The van der Waals surface area contributed by atoms with E-state index in [1.165, 1.54) is 19.3 Å². The van der Waals surface area contributed by atoms with E-state index in [0.29, 0.717) is 18.5 Å². The van der Waals surface area contributed by atoms with Crippen LogP contribution in [0.15, 0.2) is 12.3 Å². The van der Waals surface area contributed by atoms with Gasteiger partial charge in [0.2, 0.25) is 5.95 Å². The van der Waals surface area contributed by atoms with Gasteiger partial charge in [0.1, 0.15) is 5.82 Å². The van der Waals surface area contributed by atoms with Crippen LogP contribution in [-0.4, -0.2) is 34.3 Å². The van der Waals surface area contributed by atoms with Gasteiger partial charge in [-0.3, -0.25) is 5.43 Å². The Morgan fingerprint density at radius 1 is 1.39 bits per heavy atom. The summed E-state index contributed by atoms with van der Waals surface area (Å²) in [5.74, 6) is 6.57. The number of hydrogen-bond acceptors (Lipinski definition) is 6. The van der Waals surface area contributed by atoms with Crippen LogP contribution in [0.4, 0.5) is 11.8 Å². The molecule has 2 rings (SSSR count). The molecule has 0 radical (unpaired) electrons. The molecule has 1 saturated carbocycles. The molecule has 0 atom stereocenters. The number of nitrogens with two attached hydrogens (primary N) is 1. The topological polar surface area (TPSA) is 87.3 Å². The Hall–Kier alpha value is -1.40. The van der Waals surface area contributed by atoms with E-state index in [-0.39, 0.29) is 6.61 Å². The lowest BCUT2D eigenvalue weighted by Gasteiger charge is -2.34. The van der Waals surface area contributed by atoms with E-state index in [2.05, 4.69) is 20.3 Å². The minimum Gasteiger partial charge on any atom is -0.395 e. The molecular weight excluding hydrogens is 230 g/mol. The first-order valence-electron chi connectivity index (χ1n) is 6.52. The highest BCUT2D eigenvalue weighted by Gasteiger charge is 2.22. The highest BCUT2D eigenvalue weighted by atomic mass is 16.3. The number of rotatable bonds is 5. The fraction of sp³-hybridized carbons (Fsp3) is 0.667. The highest BCUT2D eigenvalue weighted by Crippen LogP contribution is 2.26. The predicted molar refractivity (Wildman–Crippen MR) is 71.1 cm³/mol. The van der Waals surface area contributed by atoms with E-state index >= 15 is 0 Å². The van der Waals surface area contributed by atoms with Crippen LogP contribution in [0.1, 0.15) is 32.1 Å². The summed E-state index contributed by atoms with van der Waals surface area (Å²) in [6, 6.07) is 2.33. The quantitative estimate of drug-likeness (QED) is 0.532. The maximum Gasteiger partial charge on any atom is 0.239 e. The number of nitrogens with one attached hydrogen (secondary N) is 1. The van der Waals surface area contributed by atoms with Crippen molar-refractivity contribution in [1.29, 1.82) is 0 Å². The molecule has 6 nitrogen and oxygen atoms in total. The standard InChI is InChI=1S/C12H21N5O/c13-16-12-14-7-6-11(15-12)17(8-9-18)10-4-2-1-3-5-10/h6-7,10,18H,1-5,8-9,13H2,(H,14,15,16). The van der Waals surface area contributed by atoms with Gasteiger partial charge in [-0.15, -0.1) is 0 Å². The second-order valence-corrected chi connectivity index (χ2v) is 4.59. The summed E-state index contributed by atoms with van der Waals surface area (Å²) in [4.78, 5) is 10.5. The molecule has 6 heteroatoms. The third kappa shape index (κ3) is 3.08. The summed E-state index contributed by atoms with van der Waals surface area (Å²) < 4.78 is 0. The van der Waals surface area contributed by atoms with Gasteiger partial charge in [-0.1, -0.05) is 19.3 Å². The van der Waals surface area contributed by atoms with Crippen molar-refractivity contribution in [3.63, 3.8) is 0 Å². The fourth-order valence-electron chi connectivity index (χ4n) is 2.56. The first-order chi connectivity index (χ1) is 8.85. The van der Waals surface area contributed by atoms with Crippen LogP contribution in [0.25, 0.3) is 0 Å². The molecule has 0 aromatic carbocycles. The average Bonchev–Trinajstić information content (AvgIpc) is 2.46. The van der Waals surface area contributed by atoms with Crippen molar-refractivity contribution in [1.82, 2.24) is 9.97 Å². The van der Waals surface area contributed by atoms with Gasteiger partial charge in [0.15, 0.2) is 0 Å². The summed E-state index contributed by atoms with van der Waals surface area (Å²) in [6.07, 6.45) is 7.82. The molecule has 1 aliphatic rings. The van der Waals surface area contributed by atoms with Gasteiger partial charge in [0.05, 0.1) is 6.61 Å². The normalized spacial score (nSPS) is 16.6. The molecule has 100 valence electrons. The Kier molecular flexibility index (Phi) is 4.72. The molecule has 0 spiro atoms. The van der Waals surface area contributed by atoms with Crippen molar-refractivity contribution in [2.75, 3.05) is 23.5 Å². The molecule has 0 unspecified atom stereocenters. The predicted octanol–water partition coefficient (Wildman–Crippen LogP) is 0.894. The summed E-state index contributed by atoms with van der Waals surface area (Å²) >= 11 is 0. The first kappa shape index (κ1) is 13.0. The van der Waals surface area contributed by atoms with Crippen LogP contribution in [0.2, 0.25) is 0 Å². The van der Waals surface area contributed by atoms with E-state index in [1.807, 2.05) is 6.07 Å². The molecular formula is C12H21N5O. The monoisotopic (exact) mass is 251 g/mol. The van der Waals surface area contributed by atoms with E-state index in [4.69, 9.17) is 5.84 Å². The number of nitrogen functional groups attached to an aromatic ring is 1. The van der Waals surface area contributed by atoms with Gasteiger partial charge < -0.3 is 10.0 Å². The van der Waals surface area contributed by atoms with Gasteiger partial charge >= 0.3 is 0 Å². The molecule has 1 aliphatic carbocycles. The van der Waals surface area contributed by atoms with Gasteiger partial charge in [0.25, 0.3) is 0 Å². The number of hydrogen-bond donors (Lipinski definition) is 3. The number of aromatic nitrogens is 2. The number of aliphatic hydroxyl groups excluding tert-OH is 1. The van der Waals surface area contributed by atoms with E-state index in [9.17, 15) is 5.11 Å². The second-order valence-electron chi connectivity index (χ2n) is 4.59. The lowest BCUT2D eigenvalue weighted by Crippen LogP contribution is -2.39. The molecule has 0 bridgehead atoms. The summed E-state index contributed by atoms with van der Waals surface area (Å²) in [5.41, 5.74) is 2.46. The molecule has 0 saturated heterocycles. The van der Waals surface area contributed by atoms with Crippen LogP contribution >= 0.6 is 0 Å². The molecule has 18 heavy (non-hydrogen) atoms. The van der Waals surface area contributed by atoms with Crippen molar-refractivity contribution in [2.24, 2.45) is 5.84 Å². The maximum absolute atomic E-state index is 9.23. The van der Waals surface area contributed by atoms with E-state index in [0.717, 1.165) is 18.7 Å². The Balaban J connectivity index is 2.16. The van der Waals surface area contributed by atoms with E-state index in [1.54, 1.807) is 6.20 Å². The SMILES string of the molecule is NNc1nccc(N(CCO)C2CCCCC2)n1. The molecule has 0 aliphatic heterocycles. The summed E-state index contributed by atoms with van der Waals surface area (Å²) in [6.45, 7) is 0.734. The average molecular weight is 251 g/mol. The minimum absolute atomic E-state index is 0.131. The summed E-state index contributed by atoms with van der Waals surface area (Å²) in [5, 5.41) is 9.23. The van der Waals surface area contributed by atoms with Crippen LogP contribution in [-0.2, 0) is 0 Å². The summed E-state index contributed by atoms with van der Waals surface area (Å²) in [7, 11) is 0. The largest absolute Gasteiger partial charge is 0.395 e. The molecule has 1 heterocycles. The first-order valence-corrected chi connectivity index (χ1v) is 6.52. The van der Waals surface area contributed by atoms with Crippen LogP contribution in [0, 0.1) is 0 Å². The zero-order valence-electron chi connectivity index (χ0n) is 10.5. The molecule has 1 aromatic rings. The van der Waals surface area contributed by atoms with Crippen molar-refractivity contribution >= 4 is 11.8 Å². The number of anilines is 2. The third-order valence-corrected chi connectivity index (χ3v) is 3.42.